The molecule has 0 aromatic heterocycles. The minimum atomic E-state index is 0. The maximum atomic E-state index is 2.68. The molecule has 2 heterocycles. The van der Waals surface area contributed by atoms with Gasteiger partial charge in [-0.2, -0.15) is 21.3 Å². The summed E-state index contributed by atoms with van der Waals surface area (Å²) in [4.78, 5) is 0. The Kier molecular flexibility index (Phi) is 20.2. The van der Waals surface area contributed by atoms with E-state index in [1.165, 1.54) is 0 Å². The van der Waals surface area contributed by atoms with Crippen molar-refractivity contribution < 1.29 is 45.2 Å². The quantitative estimate of drug-likeness (QED) is 0.265. The Bertz CT molecular complexity index is 115. The second-order valence-corrected chi connectivity index (χ2v) is 1.49. The summed E-state index contributed by atoms with van der Waals surface area (Å²) in [5.74, 6) is 0. The molecule has 2 radical (unpaired) electrons. The Morgan fingerprint density at radius 2 is 0.846 bits per heavy atom. The third kappa shape index (κ3) is 11.7. The standard InChI is InChI=1S/2C3H4N2.2ClH.Pd/c2*1-2-5-3-4-1;;;/h2*1-2,4-5H;2*1H;/q2*+1;;;+2/p-2. The third-order valence-electron chi connectivity index (χ3n) is 0.789. The van der Waals surface area contributed by atoms with Gasteiger partial charge in [-0.1, -0.05) is 0 Å². The van der Waals surface area contributed by atoms with E-state index in [4.69, 9.17) is 0 Å². The molecule has 74 valence electrons. The van der Waals surface area contributed by atoms with Gasteiger partial charge in [-0.3, -0.25) is 0 Å². The van der Waals surface area contributed by atoms with Gasteiger partial charge in [0.2, 0.25) is 0 Å². The number of halogens is 2. The van der Waals surface area contributed by atoms with Gasteiger partial charge in [0, 0.05) is 0 Å². The minimum absolute atomic E-state index is 0. The molecule has 0 aliphatic carbocycles. The average Bonchev–Trinajstić information content (AvgIpc) is 2.67. The molecule has 0 bridgehead atoms. The number of nitrogens with one attached hydrogen (secondary N) is 4. The first kappa shape index (κ1) is 18.4. The predicted molar refractivity (Wildman–Crippen MR) is 37.3 cm³/mol. The molecule has 0 amide bonds. The Hall–Kier alpha value is -0.338. The van der Waals surface area contributed by atoms with Crippen molar-refractivity contribution in [3.8, 4) is 0 Å². The van der Waals surface area contributed by atoms with Gasteiger partial charge in [-0.25, -0.2) is 0 Å². The van der Waals surface area contributed by atoms with Crippen LogP contribution in [0, 0.1) is 13.3 Å². The van der Waals surface area contributed by atoms with E-state index >= 15 is 0 Å². The Morgan fingerprint density at radius 1 is 0.615 bits per heavy atom. The van der Waals surface area contributed by atoms with E-state index in [1.807, 2.05) is 0 Å². The van der Waals surface area contributed by atoms with E-state index in [1.54, 1.807) is 24.8 Å². The number of hydrogen-bond donors (Lipinski definition) is 4. The van der Waals surface area contributed by atoms with Crippen LogP contribution in [-0.2, 0) is 20.4 Å². The monoisotopic (exact) mass is 312 g/mol. The maximum Gasteiger partial charge on any atom is 2.00 e. The SMILES string of the molecule is [C+]1NC=CN1.[C+]1NC=CN1.[Cl-].[Cl-].[Pd+2]. The molecular weight excluding hydrogens is 305 g/mol. The molecule has 0 aromatic rings. The van der Waals surface area contributed by atoms with Crippen LogP contribution in [0.15, 0.2) is 24.8 Å². The van der Waals surface area contributed by atoms with Crippen LogP contribution in [0.5, 0.6) is 0 Å². The van der Waals surface area contributed by atoms with Crippen molar-refractivity contribution in [1.29, 1.82) is 0 Å². The minimum Gasteiger partial charge on any atom is -1.00 e. The Labute approximate surface area is 104 Å². The largest absolute Gasteiger partial charge is 2.00 e. The molecule has 4 nitrogen and oxygen atoms in total. The summed E-state index contributed by atoms with van der Waals surface area (Å²) in [6.45, 7) is 5.22. The zero-order valence-electron chi connectivity index (χ0n) is 6.38. The van der Waals surface area contributed by atoms with E-state index in [2.05, 4.69) is 34.6 Å². The summed E-state index contributed by atoms with van der Waals surface area (Å²) in [6, 6.07) is 0. The fourth-order valence-electron chi connectivity index (χ4n) is 0.417. The number of hydrogen-bond acceptors (Lipinski definition) is 4. The van der Waals surface area contributed by atoms with Crippen LogP contribution in [0.4, 0.5) is 0 Å². The van der Waals surface area contributed by atoms with Crippen LogP contribution in [0.3, 0.4) is 0 Å². The predicted octanol–water partition coefficient (Wildman–Crippen LogP) is -6.70. The molecule has 7 heteroatoms. The van der Waals surface area contributed by atoms with Crippen molar-refractivity contribution in [3.05, 3.63) is 38.1 Å². The maximum absolute atomic E-state index is 2.68. The molecule has 0 aromatic carbocycles. The van der Waals surface area contributed by atoms with Gasteiger partial charge >= 0.3 is 33.8 Å². The van der Waals surface area contributed by atoms with Gasteiger partial charge < -0.3 is 24.8 Å². The molecule has 13 heavy (non-hydrogen) atoms. The summed E-state index contributed by atoms with van der Waals surface area (Å²) in [5, 5.41) is 10.7. The van der Waals surface area contributed by atoms with Crippen molar-refractivity contribution >= 4 is 0 Å². The van der Waals surface area contributed by atoms with Gasteiger partial charge in [-0.05, 0) is 0 Å². The summed E-state index contributed by atoms with van der Waals surface area (Å²) in [6.07, 6.45) is 7.06. The van der Waals surface area contributed by atoms with Crippen molar-refractivity contribution in [3.63, 3.8) is 0 Å². The van der Waals surface area contributed by atoms with Crippen LogP contribution in [0.25, 0.3) is 0 Å². The van der Waals surface area contributed by atoms with Crippen LogP contribution >= 0.6 is 0 Å². The number of rotatable bonds is 0. The fourth-order valence-corrected chi connectivity index (χ4v) is 0.417. The van der Waals surface area contributed by atoms with Gasteiger partial charge in [0.1, 0.15) is 0 Å². The first-order valence-corrected chi connectivity index (χ1v) is 2.82. The average molecular weight is 313 g/mol. The Balaban J connectivity index is -0.000000125. The van der Waals surface area contributed by atoms with Crippen LogP contribution in [0.1, 0.15) is 0 Å². The van der Waals surface area contributed by atoms with E-state index in [0.29, 0.717) is 0 Å². The summed E-state index contributed by atoms with van der Waals surface area (Å²) in [7, 11) is 0. The summed E-state index contributed by atoms with van der Waals surface area (Å²) >= 11 is 0. The molecule has 0 unspecified atom stereocenters. The van der Waals surface area contributed by atoms with E-state index in [0.717, 1.165) is 0 Å². The topological polar surface area (TPSA) is 48.1 Å². The van der Waals surface area contributed by atoms with Crippen molar-refractivity contribution in [1.82, 2.24) is 21.3 Å². The van der Waals surface area contributed by atoms with Crippen LogP contribution in [0.2, 0.25) is 0 Å². The fraction of sp³-hybridized carbons (Fsp3) is 0. The zero-order valence-corrected chi connectivity index (χ0v) is 9.45. The van der Waals surface area contributed by atoms with Gasteiger partial charge in [0.25, 0.3) is 0 Å². The second-order valence-electron chi connectivity index (χ2n) is 1.49. The van der Waals surface area contributed by atoms with Gasteiger partial charge in [0.05, 0.1) is 24.8 Å². The van der Waals surface area contributed by atoms with Gasteiger partial charge in [0.15, 0.2) is 0 Å². The summed E-state index contributed by atoms with van der Waals surface area (Å²) < 4.78 is 0. The van der Waals surface area contributed by atoms with Crippen molar-refractivity contribution in [2.45, 2.75) is 0 Å². The van der Waals surface area contributed by atoms with Gasteiger partial charge in [-0.15, -0.1) is 0 Å². The molecule has 0 fully saturated rings. The molecule has 0 atom stereocenters. The molecule has 2 rings (SSSR count). The smallest absolute Gasteiger partial charge is 1.00 e. The van der Waals surface area contributed by atoms with Crippen LogP contribution < -0.4 is 46.1 Å². The molecule has 4 N–H and O–H groups in total. The van der Waals surface area contributed by atoms with Crippen molar-refractivity contribution in [2.75, 3.05) is 0 Å². The van der Waals surface area contributed by atoms with E-state index in [-0.39, 0.29) is 45.2 Å². The first-order valence-electron chi connectivity index (χ1n) is 2.82. The Morgan fingerprint density at radius 3 is 0.923 bits per heavy atom. The zero-order chi connectivity index (χ0) is 7.07. The van der Waals surface area contributed by atoms with Crippen LogP contribution in [-0.4, -0.2) is 0 Å². The van der Waals surface area contributed by atoms with Crippen molar-refractivity contribution in [2.24, 2.45) is 0 Å². The molecular formula is C6H8Cl2N4Pd+2. The molecule has 0 spiro atoms. The van der Waals surface area contributed by atoms with E-state index in [9.17, 15) is 0 Å². The molecule has 2 aliphatic rings. The first-order chi connectivity index (χ1) is 5.00. The molecule has 2 aliphatic heterocycles. The summed E-state index contributed by atoms with van der Waals surface area (Å²) in [5.41, 5.74) is 0. The normalized spacial score (nSPS) is 12.3. The molecule has 0 saturated heterocycles. The molecule has 0 saturated carbocycles. The second kappa shape index (κ2) is 14.2. The van der Waals surface area contributed by atoms with E-state index < -0.39 is 0 Å². The third-order valence-corrected chi connectivity index (χ3v) is 0.789.